The average molecular weight is 341 g/mol. The Hall–Kier alpha value is -2.17. The number of hydrogen-bond donors (Lipinski definition) is 1. The lowest BCUT2D eigenvalue weighted by Crippen LogP contribution is -2.35. The van der Waals surface area contributed by atoms with Gasteiger partial charge in [0.05, 0.1) is 0 Å². The molecule has 0 radical (unpaired) electrons. The van der Waals surface area contributed by atoms with Gasteiger partial charge < -0.3 is 9.84 Å². The number of rotatable bonds is 6. The van der Waals surface area contributed by atoms with Gasteiger partial charge in [-0.05, 0) is 18.4 Å². The highest BCUT2D eigenvalue weighted by Gasteiger charge is 2.15. The van der Waals surface area contributed by atoms with Crippen LogP contribution in [-0.4, -0.2) is 22.1 Å². The van der Waals surface area contributed by atoms with E-state index in [0.29, 0.717) is 37.0 Å². The molecule has 0 atom stereocenters. The van der Waals surface area contributed by atoms with Crippen molar-refractivity contribution < 1.29 is 9.32 Å². The molecule has 5 nitrogen and oxygen atoms in total. The molecule has 1 aromatic carbocycles. The van der Waals surface area contributed by atoms with Crippen LogP contribution in [0.1, 0.15) is 68.6 Å². The van der Waals surface area contributed by atoms with Gasteiger partial charge in [0.2, 0.25) is 11.8 Å². The predicted molar refractivity (Wildman–Crippen MR) is 96.1 cm³/mol. The van der Waals surface area contributed by atoms with Crippen molar-refractivity contribution >= 4 is 5.91 Å². The molecule has 1 aliphatic carbocycles. The molecule has 1 aromatic heterocycles. The molecule has 1 amide bonds. The van der Waals surface area contributed by atoms with E-state index in [9.17, 15) is 4.79 Å². The monoisotopic (exact) mass is 341 g/mol. The zero-order chi connectivity index (χ0) is 17.3. The van der Waals surface area contributed by atoms with Crippen LogP contribution in [0, 0.1) is 0 Å². The summed E-state index contributed by atoms with van der Waals surface area (Å²) in [6.45, 7) is 0. The lowest BCUT2D eigenvalue weighted by atomic mass is 9.96. The molecule has 5 heteroatoms. The van der Waals surface area contributed by atoms with Crippen LogP contribution in [0.15, 0.2) is 34.9 Å². The van der Waals surface area contributed by atoms with E-state index in [-0.39, 0.29) is 5.91 Å². The van der Waals surface area contributed by atoms with Crippen LogP contribution in [0.25, 0.3) is 0 Å². The molecule has 1 fully saturated rings. The highest BCUT2D eigenvalue weighted by molar-refractivity contribution is 5.76. The summed E-state index contributed by atoms with van der Waals surface area (Å²) < 4.78 is 5.27. The Morgan fingerprint density at radius 2 is 1.80 bits per heavy atom. The van der Waals surface area contributed by atoms with Gasteiger partial charge in [-0.25, -0.2) is 0 Å². The normalized spacial score (nSPS) is 16.2. The molecule has 0 bridgehead atoms. The molecule has 1 N–H and O–H groups in total. The van der Waals surface area contributed by atoms with Crippen molar-refractivity contribution in [1.82, 2.24) is 15.5 Å². The number of aryl methyl sites for hydroxylation is 1. The molecule has 3 rings (SSSR count). The van der Waals surface area contributed by atoms with Gasteiger partial charge >= 0.3 is 0 Å². The minimum Gasteiger partial charge on any atom is -0.353 e. The molecule has 25 heavy (non-hydrogen) atoms. The molecular weight excluding hydrogens is 314 g/mol. The third-order valence-corrected chi connectivity index (χ3v) is 4.75. The van der Waals surface area contributed by atoms with Gasteiger partial charge in [0, 0.05) is 25.3 Å². The molecular formula is C20H27N3O2. The van der Waals surface area contributed by atoms with Crippen LogP contribution in [0.5, 0.6) is 0 Å². The summed E-state index contributed by atoms with van der Waals surface area (Å²) in [7, 11) is 0. The van der Waals surface area contributed by atoms with Crippen LogP contribution in [0.2, 0.25) is 0 Å². The zero-order valence-corrected chi connectivity index (χ0v) is 14.7. The second-order valence-electron chi connectivity index (χ2n) is 6.88. The fourth-order valence-electron chi connectivity index (χ4n) is 3.36. The summed E-state index contributed by atoms with van der Waals surface area (Å²) in [5.74, 6) is 1.30. The molecule has 0 unspecified atom stereocenters. The van der Waals surface area contributed by atoms with E-state index in [1.807, 2.05) is 30.3 Å². The minimum absolute atomic E-state index is 0.0911. The summed E-state index contributed by atoms with van der Waals surface area (Å²) >= 11 is 0. The van der Waals surface area contributed by atoms with E-state index in [1.54, 1.807) is 0 Å². The molecule has 1 saturated carbocycles. The number of benzene rings is 1. The molecule has 0 spiro atoms. The molecule has 1 aliphatic rings. The van der Waals surface area contributed by atoms with E-state index in [1.165, 1.54) is 32.1 Å². The topological polar surface area (TPSA) is 68.0 Å². The maximum absolute atomic E-state index is 12.2. The maximum Gasteiger partial charge on any atom is 0.227 e. The van der Waals surface area contributed by atoms with Crippen molar-refractivity contribution in [2.45, 2.75) is 70.3 Å². The van der Waals surface area contributed by atoms with Crippen molar-refractivity contribution in [3.8, 4) is 0 Å². The second-order valence-corrected chi connectivity index (χ2v) is 6.88. The third-order valence-electron chi connectivity index (χ3n) is 4.75. The smallest absolute Gasteiger partial charge is 0.227 e. The van der Waals surface area contributed by atoms with Crippen molar-refractivity contribution in [3.05, 3.63) is 47.6 Å². The van der Waals surface area contributed by atoms with Crippen molar-refractivity contribution in [3.63, 3.8) is 0 Å². The van der Waals surface area contributed by atoms with Crippen molar-refractivity contribution in [2.24, 2.45) is 0 Å². The maximum atomic E-state index is 12.2. The number of aromatic nitrogens is 2. The number of amides is 1. The third kappa shape index (κ3) is 6.00. The van der Waals surface area contributed by atoms with Gasteiger partial charge in [-0.3, -0.25) is 4.79 Å². The number of nitrogens with one attached hydrogen (secondary N) is 1. The summed E-state index contributed by atoms with van der Waals surface area (Å²) in [6.07, 6.45) is 10.1. The number of carbonyl (C=O) groups is 1. The molecule has 0 aliphatic heterocycles. The van der Waals surface area contributed by atoms with Crippen LogP contribution in [0.4, 0.5) is 0 Å². The van der Waals surface area contributed by atoms with Crippen LogP contribution in [0.3, 0.4) is 0 Å². The van der Waals surface area contributed by atoms with Gasteiger partial charge in [0.1, 0.15) is 0 Å². The highest BCUT2D eigenvalue weighted by atomic mass is 16.5. The lowest BCUT2D eigenvalue weighted by molar-refractivity contribution is -0.122. The van der Waals surface area contributed by atoms with Gasteiger partial charge in [0.25, 0.3) is 0 Å². The van der Waals surface area contributed by atoms with Gasteiger partial charge in [0.15, 0.2) is 5.82 Å². The Morgan fingerprint density at radius 1 is 1.08 bits per heavy atom. The van der Waals surface area contributed by atoms with E-state index in [2.05, 4.69) is 15.5 Å². The quantitative estimate of drug-likeness (QED) is 0.867. The first-order chi connectivity index (χ1) is 12.3. The van der Waals surface area contributed by atoms with Gasteiger partial charge in [-0.1, -0.05) is 67.6 Å². The van der Waals surface area contributed by atoms with Crippen molar-refractivity contribution in [1.29, 1.82) is 0 Å². The molecule has 2 aromatic rings. The Labute approximate surface area is 149 Å². The predicted octanol–water partition coefficient (Wildman–Crippen LogP) is 3.82. The van der Waals surface area contributed by atoms with Crippen LogP contribution < -0.4 is 5.32 Å². The Morgan fingerprint density at radius 3 is 2.56 bits per heavy atom. The Bertz CT molecular complexity index is 646. The Kier molecular flexibility index (Phi) is 6.60. The van der Waals surface area contributed by atoms with E-state index in [0.717, 1.165) is 18.4 Å². The molecule has 134 valence electrons. The first-order valence-corrected chi connectivity index (χ1v) is 9.44. The SMILES string of the molecule is O=C(CCc1nc(Cc2ccccc2)no1)NC1CCCCCCC1. The first kappa shape index (κ1) is 17.6. The first-order valence-electron chi connectivity index (χ1n) is 9.44. The van der Waals surface area contributed by atoms with Crippen molar-refractivity contribution in [2.75, 3.05) is 0 Å². The summed E-state index contributed by atoms with van der Waals surface area (Å²) in [5.41, 5.74) is 1.15. The Balaban J connectivity index is 1.42. The standard InChI is InChI=1S/C20H27N3O2/c24-19(21-17-11-7-2-1-3-8-12-17)13-14-20-22-18(23-25-20)15-16-9-5-4-6-10-16/h4-6,9-10,17H,1-3,7-8,11-15H2,(H,21,24). The van der Waals surface area contributed by atoms with E-state index >= 15 is 0 Å². The number of carbonyl (C=O) groups excluding carboxylic acids is 1. The van der Waals surface area contributed by atoms with Crippen LogP contribution >= 0.6 is 0 Å². The van der Waals surface area contributed by atoms with Gasteiger partial charge in [-0.2, -0.15) is 4.98 Å². The summed E-state index contributed by atoms with van der Waals surface area (Å²) in [4.78, 5) is 16.6. The zero-order valence-electron chi connectivity index (χ0n) is 14.7. The minimum atomic E-state index is 0.0911. The van der Waals surface area contributed by atoms with E-state index < -0.39 is 0 Å². The fourth-order valence-corrected chi connectivity index (χ4v) is 3.36. The molecule has 0 saturated heterocycles. The highest BCUT2D eigenvalue weighted by Crippen LogP contribution is 2.17. The second kappa shape index (κ2) is 9.35. The number of nitrogens with zero attached hydrogens (tertiary/aromatic N) is 2. The summed E-state index contributed by atoms with van der Waals surface area (Å²) in [6, 6.07) is 10.4. The van der Waals surface area contributed by atoms with Crippen LogP contribution in [-0.2, 0) is 17.6 Å². The lowest BCUT2D eigenvalue weighted by Gasteiger charge is -2.20. The average Bonchev–Trinajstić information content (AvgIpc) is 3.04. The fraction of sp³-hybridized carbons (Fsp3) is 0.550. The largest absolute Gasteiger partial charge is 0.353 e. The van der Waals surface area contributed by atoms with E-state index in [4.69, 9.17) is 4.52 Å². The number of hydrogen-bond acceptors (Lipinski definition) is 4. The summed E-state index contributed by atoms with van der Waals surface area (Å²) in [5, 5.41) is 7.18. The molecule has 1 heterocycles. The van der Waals surface area contributed by atoms with Gasteiger partial charge in [-0.15, -0.1) is 0 Å².